The molecule has 0 saturated carbocycles. The Morgan fingerprint density at radius 1 is 1.50 bits per heavy atom. The third-order valence-electron chi connectivity index (χ3n) is 0.782. The minimum atomic E-state index is -1.07. The van der Waals surface area contributed by atoms with Gasteiger partial charge in [0.05, 0.1) is 0 Å². The van der Waals surface area contributed by atoms with E-state index >= 15 is 0 Å². The van der Waals surface area contributed by atoms with Crippen LogP contribution in [-0.4, -0.2) is 33.1 Å². The number of imide groups is 1. The van der Waals surface area contributed by atoms with Crippen molar-refractivity contribution in [1.29, 1.82) is 0 Å². The van der Waals surface area contributed by atoms with Gasteiger partial charge in [0.25, 0.3) is 5.91 Å². The quantitative estimate of drug-likeness (QED) is 0.523. The number of hydrogen-bond donors (Lipinski definition) is 2. The summed E-state index contributed by atoms with van der Waals surface area (Å²) in [5.41, 5.74) is 4.74. The lowest BCUT2D eigenvalue weighted by molar-refractivity contribution is -0.127. The number of nitrogens with two attached hydrogens (primary N) is 1. The molecule has 7 heteroatoms. The Kier molecular flexibility index (Phi) is 4.30. The van der Waals surface area contributed by atoms with Gasteiger partial charge in [-0.15, -0.1) is 0 Å². The molecule has 0 aromatic rings. The predicted octanol–water partition coefficient (Wildman–Crippen LogP) is -0.919. The molecule has 0 fully saturated rings. The summed E-state index contributed by atoms with van der Waals surface area (Å²) < 4.78 is 0.405. The smallest absolute Gasteiger partial charge is 0.332 e. The number of nitrogens with zero attached hydrogens (tertiary/aromatic N) is 1. The lowest BCUT2D eigenvalue weighted by Gasteiger charge is -2.12. The summed E-state index contributed by atoms with van der Waals surface area (Å²) in [5, 5.41) is 7.88. The second kappa shape index (κ2) is 4.73. The number of rotatable bonds is 1. The van der Waals surface area contributed by atoms with Gasteiger partial charge in [-0.2, -0.15) is 4.31 Å². The third-order valence-corrected chi connectivity index (χ3v) is 1.61. The average Bonchev–Trinajstić information content (AvgIpc) is 1.98. The van der Waals surface area contributed by atoms with E-state index in [-0.39, 0.29) is 0 Å². The van der Waals surface area contributed by atoms with Crippen LogP contribution >= 0.6 is 11.9 Å². The van der Waals surface area contributed by atoms with Gasteiger partial charge in [-0.25, -0.2) is 4.79 Å². The van der Waals surface area contributed by atoms with E-state index in [1.807, 2.05) is 0 Å². The van der Waals surface area contributed by atoms with Crippen molar-refractivity contribution in [1.82, 2.24) is 4.31 Å². The van der Waals surface area contributed by atoms with Gasteiger partial charge in [-0.1, -0.05) is 0 Å². The molecule has 0 saturated heterocycles. The molecule has 0 aliphatic heterocycles. The fraction of sp³-hybridized carbons (Fsp3) is 0.400. The standard InChI is InChI=1S/C5H8N2O4S/c1-3(9)12-7(5(6)11)4(10)2-8/h8H,2H2,1H3,(H2,6,11). The zero-order valence-electron chi connectivity index (χ0n) is 6.31. The molecule has 0 bridgehead atoms. The van der Waals surface area contributed by atoms with Crippen molar-refractivity contribution in [3.8, 4) is 0 Å². The van der Waals surface area contributed by atoms with Gasteiger partial charge < -0.3 is 10.8 Å². The molecule has 0 radical (unpaired) electrons. The van der Waals surface area contributed by atoms with Crippen LogP contribution in [0, 0.1) is 0 Å². The Labute approximate surface area is 72.8 Å². The molecule has 3 amide bonds. The van der Waals surface area contributed by atoms with Crippen LogP contribution in [0.25, 0.3) is 0 Å². The van der Waals surface area contributed by atoms with Crippen LogP contribution in [0.2, 0.25) is 0 Å². The number of amides is 3. The predicted molar refractivity (Wildman–Crippen MR) is 41.8 cm³/mol. The van der Waals surface area contributed by atoms with E-state index in [2.05, 4.69) is 0 Å². The molecule has 6 nitrogen and oxygen atoms in total. The van der Waals surface area contributed by atoms with E-state index in [4.69, 9.17) is 10.8 Å². The number of hydrogen-bond acceptors (Lipinski definition) is 5. The van der Waals surface area contributed by atoms with E-state index < -0.39 is 23.7 Å². The number of urea groups is 1. The maximum Gasteiger partial charge on any atom is 0.332 e. The highest BCUT2D eigenvalue weighted by Crippen LogP contribution is 2.09. The maximum absolute atomic E-state index is 10.7. The molecule has 0 atom stereocenters. The first kappa shape index (κ1) is 10.9. The Balaban J connectivity index is 4.33. The van der Waals surface area contributed by atoms with Crippen molar-refractivity contribution in [3.63, 3.8) is 0 Å². The molecule has 0 rings (SSSR count). The summed E-state index contributed by atoms with van der Waals surface area (Å²) in [4.78, 5) is 31.6. The second-order valence-electron chi connectivity index (χ2n) is 1.77. The first-order valence-corrected chi connectivity index (χ1v) is 3.68. The topological polar surface area (TPSA) is 101 Å². The van der Waals surface area contributed by atoms with Crippen LogP contribution in [0.4, 0.5) is 4.79 Å². The SMILES string of the molecule is CC(=O)SN(C(N)=O)C(=O)CO. The van der Waals surface area contributed by atoms with Crippen LogP contribution < -0.4 is 5.73 Å². The second-order valence-corrected chi connectivity index (χ2v) is 2.89. The molecule has 0 unspecified atom stereocenters. The number of carbonyl (C=O) groups is 3. The van der Waals surface area contributed by atoms with Crippen LogP contribution in [-0.2, 0) is 9.59 Å². The molecule has 12 heavy (non-hydrogen) atoms. The van der Waals surface area contributed by atoms with Gasteiger partial charge in [-0.05, 0) is 0 Å². The molecule has 0 aliphatic rings. The van der Waals surface area contributed by atoms with Crippen LogP contribution in [0.1, 0.15) is 6.92 Å². The normalized spacial score (nSPS) is 9.17. The first-order chi connectivity index (χ1) is 5.49. The number of aliphatic hydroxyl groups is 1. The third kappa shape index (κ3) is 3.35. The Hall–Kier alpha value is -1.08. The molecule has 0 spiro atoms. The van der Waals surface area contributed by atoms with Crippen LogP contribution in [0.3, 0.4) is 0 Å². The van der Waals surface area contributed by atoms with E-state index in [1.165, 1.54) is 6.92 Å². The lowest BCUT2D eigenvalue weighted by Crippen LogP contribution is -2.37. The zero-order valence-corrected chi connectivity index (χ0v) is 7.13. The van der Waals surface area contributed by atoms with E-state index in [0.717, 1.165) is 0 Å². The zero-order chi connectivity index (χ0) is 9.72. The van der Waals surface area contributed by atoms with Gasteiger partial charge in [0.1, 0.15) is 6.61 Å². The molecule has 0 aliphatic carbocycles. The highest BCUT2D eigenvalue weighted by atomic mass is 32.2. The lowest BCUT2D eigenvalue weighted by atomic mass is 10.6. The molecule has 0 aromatic heterocycles. The minimum absolute atomic E-state index is 0.351. The fourth-order valence-corrected chi connectivity index (χ4v) is 0.918. The van der Waals surface area contributed by atoms with Crippen molar-refractivity contribution in [2.45, 2.75) is 6.92 Å². The van der Waals surface area contributed by atoms with E-state index in [9.17, 15) is 14.4 Å². The minimum Gasteiger partial charge on any atom is -0.386 e. The van der Waals surface area contributed by atoms with Gasteiger partial charge in [-0.3, -0.25) is 9.59 Å². The molecule has 0 aromatic carbocycles. The molecular weight excluding hydrogens is 184 g/mol. The summed E-state index contributed by atoms with van der Waals surface area (Å²) in [6.45, 7) is 0.314. The van der Waals surface area contributed by atoms with Crippen molar-refractivity contribution >= 4 is 29.0 Å². The molecular formula is C5H8N2O4S. The highest BCUT2D eigenvalue weighted by molar-refractivity contribution is 8.12. The van der Waals surface area contributed by atoms with Gasteiger partial charge in [0.2, 0.25) is 5.12 Å². The first-order valence-electron chi connectivity index (χ1n) is 2.90. The summed E-state index contributed by atoms with van der Waals surface area (Å²) in [6.07, 6.45) is 0. The Bertz CT molecular complexity index is 217. The fourth-order valence-electron chi connectivity index (χ4n) is 0.412. The van der Waals surface area contributed by atoms with Crippen molar-refractivity contribution < 1.29 is 19.5 Å². The van der Waals surface area contributed by atoms with Crippen molar-refractivity contribution in [2.75, 3.05) is 6.61 Å². The summed E-state index contributed by atoms with van der Waals surface area (Å²) >= 11 is 0.351. The number of primary amides is 1. The van der Waals surface area contributed by atoms with E-state index in [0.29, 0.717) is 16.3 Å². The highest BCUT2D eigenvalue weighted by Gasteiger charge is 2.20. The van der Waals surface area contributed by atoms with E-state index in [1.54, 1.807) is 0 Å². The molecule has 3 N–H and O–H groups in total. The summed E-state index contributed by atoms with van der Waals surface area (Å²) in [7, 11) is 0. The average molecular weight is 192 g/mol. The molecule has 68 valence electrons. The number of carbonyl (C=O) groups excluding carboxylic acids is 3. The van der Waals surface area contributed by atoms with Gasteiger partial charge in [0.15, 0.2) is 0 Å². The Morgan fingerprint density at radius 3 is 2.25 bits per heavy atom. The monoisotopic (exact) mass is 192 g/mol. The van der Waals surface area contributed by atoms with Crippen molar-refractivity contribution in [3.05, 3.63) is 0 Å². The molecule has 0 heterocycles. The summed E-state index contributed by atoms with van der Waals surface area (Å²) in [5.74, 6) is -0.914. The van der Waals surface area contributed by atoms with Crippen LogP contribution in [0.15, 0.2) is 0 Å². The maximum atomic E-state index is 10.7. The largest absolute Gasteiger partial charge is 0.386 e. The van der Waals surface area contributed by atoms with Gasteiger partial charge >= 0.3 is 6.03 Å². The summed E-state index contributed by atoms with van der Waals surface area (Å²) in [6, 6.07) is -1.07. The Morgan fingerprint density at radius 2 is 2.00 bits per heavy atom. The van der Waals surface area contributed by atoms with Crippen molar-refractivity contribution in [2.24, 2.45) is 5.73 Å². The van der Waals surface area contributed by atoms with Crippen LogP contribution in [0.5, 0.6) is 0 Å². The number of aliphatic hydroxyl groups excluding tert-OH is 1. The van der Waals surface area contributed by atoms with Gasteiger partial charge in [0, 0.05) is 18.9 Å².